The van der Waals surface area contributed by atoms with Crippen molar-refractivity contribution < 1.29 is 23.1 Å². The number of rotatable bonds is 8. The summed E-state index contributed by atoms with van der Waals surface area (Å²) < 4.78 is 25.2. The number of nitrogens with one attached hydrogen (secondary N) is 1. The molecule has 8 nitrogen and oxygen atoms in total. The lowest BCUT2D eigenvalue weighted by Gasteiger charge is -2.23. The SMILES string of the molecule is Cc1ccccc1[C@@H]1CC(c2ccc(NS(C)(=O)=O)cc2)=NN1C(=O)CCCC(=O)O. The van der Waals surface area contributed by atoms with Gasteiger partial charge in [-0.25, -0.2) is 13.4 Å². The Labute approximate surface area is 181 Å². The highest BCUT2D eigenvalue weighted by Crippen LogP contribution is 2.35. The first kappa shape index (κ1) is 22.5. The van der Waals surface area contributed by atoms with Crippen molar-refractivity contribution >= 4 is 33.3 Å². The van der Waals surface area contributed by atoms with Gasteiger partial charge in [0.25, 0.3) is 0 Å². The Hall–Kier alpha value is -3.20. The minimum Gasteiger partial charge on any atom is -0.481 e. The van der Waals surface area contributed by atoms with Gasteiger partial charge in [0.1, 0.15) is 0 Å². The average Bonchev–Trinajstić information content (AvgIpc) is 3.12. The summed E-state index contributed by atoms with van der Waals surface area (Å²) in [5, 5.41) is 14.9. The number of hydrogen-bond acceptors (Lipinski definition) is 5. The molecule has 1 amide bonds. The van der Waals surface area contributed by atoms with E-state index in [1.165, 1.54) is 5.01 Å². The van der Waals surface area contributed by atoms with Gasteiger partial charge in [0, 0.05) is 24.9 Å². The summed E-state index contributed by atoms with van der Waals surface area (Å²) in [6.45, 7) is 1.98. The van der Waals surface area contributed by atoms with Crippen molar-refractivity contribution in [3.8, 4) is 0 Å². The van der Waals surface area contributed by atoms with Crippen molar-refractivity contribution in [1.82, 2.24) is 5.01 Å². The minimum absolute atomic E-state index is 0.0695. The normalized spacial score (nSPS) is 16.1. The Morgan fingerprint density at radius 1 is 1.13 bits per heavy atom. The van der Waals surface area contributed by atoms with E-state index in [0.717, 1.165) is 22.9 Å². The molecular weight excluding hydrogens is 418 g/mol. The van der Waals surface area contributed by atoms with Gasteiger partial charge in [-0.2, -0.15) is 5.10 Å². The summed E-state index contributed by atoms with van der Waals surface area (Å²) >= 11 is 0. The third kappa shape index (κ3) is 5.91. The van der Waals surface area contributed by atoms with Crippen LogP contribution in [0.2, 0.25) is 0 Å². The van der Waals surface area contributed by atoms with Crippen LogP contribution >= 0.6 is 0 Å². The standard InChI is InChI=1S/C22H25N3O5S/c1-15-6-3-4-7-18(15)20-14-19(23-25(20)21(26)8-5-9-22(27)28)16-10-12-17(13-11-16)24-31(2,29)30/h3-4,6-7,10-13,20,24H,5,8-9,14H2,1-2H3,(H,27,28)/t20-/m0/s1. The lowest BCUT2D eigenvalue weighted by molar-refractivity contribution is -0.137. The first-order valence-electron chi connectivity index (χ1n) is 9.89. The highest BCUT2D eigenvalue weighted by atomic mass is 32.2. The maximum Gasteiger partial charge on any atom is 0.303 e. The summed E-state index contributed by atoms with van der Waals surface area (Å²) in [5.74, 6) is -1.16. The summed E-state index contributed by atoms with van der Waals surface area (Å²) in [6, 6.07) is 14.3. The molecule has 1 heterocycles. The molecule has 2 N–H and O–H groups in total. The molecule has 2 aromatic carbocycles. The number of hydrogen-bond donors (Lipinski definition) is 2. The third-order valence-electron chi connectivity index (χ3n) is 5.02. The highest BCUT2D eigenvalue weighted by molar-refractivity contribution is 7.92. The number of nitrogens with zero attached hydrogens (tertiary/aromatic N) is 2. The van der Waals surface area contributed by atoms with Crippen molar-refractivity contribution in [3.05, 3.63) is 65.2 Å². The minimum atomic E-state index is -3.37. The van der Waals surface area contributed by atoms with Gasteiger partial charge in [0.2, 0.25) is 15.9 Å². The second kappa shape index (κ2) is 9.30. The highest BCUT2D eigenvalue weighted by Gasteiger charge is 2.33. The monoisotopic (exact) mass is 443 g/mol. The van der Waals surface area contributed by atoms with Crippen LogP contribution in [0.25, 0.3) is 0 Å². The van der Waals surface area contributed by atoms with Crippen molar-refractivity contribution in [2.24, 2.45) is 5.10 Å². The van der Waals surface area contributed by atoms with E-state index < -0.39 is 16.0 Å². The van der Waals surface area contributed by atoms with Crippen LogP contribution in [0.3, 0.4) is 0 Å². The zero-order valence-corrected chi connectivity index (χ0v) is 18.2. The van der Waals surface area contributed by atoms with Crippen molar-refractivity contribution in [1.29, 1.82) is 0 Å². The zero-order chi connectivity index (χ0) is 22.6. The Balaban J connectivity index is 1.86. The number of carboxylic acids is 1. The van der Waals surface area contributed by atoms with E-state index in [1.54, 1.807) is 24.3 Å². The molecule has 0 spiro atoms. The Kier molecular flexibility index (Phi) is 6.74. The van der Waals surface area contributed by atoms with E-state index in [2.05, 4.69) is 9.82 Å². The molecule has 2 aromatic rings. The van der Waals surface area contributed by atoms with Gasteiger partial charge in [-0.15, -0.1) is 0 Å². The van der Waals surface area contributed by atoms with E-state index in [0.29, 0.717) is 17.8 Å². The molecule has 0 saturated heterocycles. The number of benzene rings is 2. The van der Waals surface area contributed by atoms with Crippen molar-refractivity contribution in [3.63, 3.8) is 0 Å². The molecule has 31 heavy (non-hydrogen) atoms. The summed E-state index contributed by atoms with van der Waals surface area (Å²) in [7, 11) is -3.37. The van der Waals surface area contributed by atoms with E-state index >= 15 is 0 Å². The van der Waals surface area contributed by atoms with Crippen LogP contribution in [0, 0.1) is 6.92 Å². The summed E-state index contributed by atoms with van der Waals surface area (Å²) in [4.78, 5) is 23.6. The van der Waals surface area contributed by atoms with Crippen LogP contribution in [0.15, 0.2) is 53.6 Å². The van der Waals surface area contributed by atoms with Crippen LogP contribution in [0.1, 0.15) is 48.4 Å². The van der Waals surface area contributed by atoms with Crippen LogP contribution in [0.4, 0.5) is 5.69 Å². The van der Waals surface area contributed by atoms with Gasteiger partial charge in [0.15, 0.2) is 0 Å². The number of hydrazone groups is 1. The number of carbonyl (C=O) groups is 2. The third-order valence-corrected chi connectivity index (χ3v) is 5.62. The fourth-order valence-electron chi connectivity index (χ4n) is 3.57. The molecule has 0 aliphatic carbocycles. The number of anilines is 1. The first-order valence-corrected chi connectivity index (χ1v) is 11.8. The second-order valence-corrected chi connectivity index (χ2v) is 9.31. The van der Waals surface area contributed by atoms with Crippen LogP contribution in [-0.2, 0) is 19.6 Å². The maximum atomic E-state index is 12.9. The quantitative estimate of drug-likeness (QED) is 0.649. The lowest BCUT2D eigenvalue weighted by atomic mass is 9.95. The number of aryl methyl sites for hydroxylation is 1. The molecule has 0 saturated carbocycles. The number of amides is 1. The first-order chi connectivity index (χ1) is 14.6. The number of carbonyl (C=O) groups excluding carboxylic acids is 1. The fraction of sp³-hybridized carbons (Fsp3) is 0.318. The average molecular weight is 444 g/mol. The van der Waals surface area contributed by atoms with E-state index in [-0.39, 0.29) is 31.2 Å². The topological polar surface area (TPSA) is 116 Å². The molecule has 9 heteroatoms. The lowest BCUT2D eigenvalue weighted by Crippen LogP contribution is -2.27. The largest absolute Gasteiger partial charge is 0.481 e. The van der Waals surface area contributed by atoms with Crippen LogP contribution < -0.4 is 4.72 Å². The molecule has 1 aliphatic heterocycles. The molecule has 1 atom stereocenters. The van der Waals surface area contributed by atoms with Crippen LogP contribution in [0.5, 0.6) is 0 Å². The maximum absolute atomic E-state index is 12.9. The van der Waals surface area contributed by atoms with Gasteiger partial charge in [-0.1, -0.05) is 36.4 Å². The molecule has 0 aromatic heterocycles. The number of aliphatic carboxylic acids is 1. The molecule has 0 bridgehead atoms. The van der Waals surface area contributed by atoms with Gasteiger partial charge < -0.3 is 5.11 Å². The Bertz CT molecular complexity index is 1110. The molecule has 0 radical (unpaired) electrons. The van der Waals surface area contributed by atoms with Crippen LogP contribution in [-0.4, -0.2) is 42.4 Å². The molecule has 1 aliphatic rings. The smallest absolute Gasteiger partial charge is 0.303 e. The van der Waals surface area contributed by atoms with Crippen molar-refractivity contribution in [2.75, 3.05) is 11.0 Å². The number of sulfonamides is 1. The van der Waals surface area contributed by atoms with Gasteiger partial charge in [-0.3, -0.25) is 14.3 Å². The predicted molar refractivity (Wildman–Crippen MR) is 118 cm³/mol. The fourth-order valence-corrected chi connectivity index (χ4v) is 4.13. The van der Waals surface area contributed by atoms with E-state index in [1.807, 2.05) is 31.2 Å². The molecular formula is C22H25N3O5S. The number of carboxylic acid groups (broad SMARTS) is 1. The molecule has 0 unspecified atom stereocenters. The van der Waals surface area contributed by atoms with E-state index in [9.17, 15) is 18.0 Å². The Morgan fingerprint density at radius 2 is 1.81 bits per heavy atom. The predicted octanol–water partition coefficient (Wildman–Crippen LogP) is 3.30. The zero-order valence-electron chi connectivity index (χ0n) is 17.4. The molecule has 0 fully saturated rings. The van der Waals surface area contributed by atoms with Gasteiger partial charge in [0.05, 0.1) is 18.0 Å². The van der Waals surface area contributed by atoms with Gasteiger partial charge in [-0.05, 0) is 42.2 Å². The van der Waals surface area contributed by atoms with Gasteiger partial charge >= 0.3 is 5.97 Å². The van der Waals surface area contributed by atoms with E-state index in [4.69, 9.17) is 5.11 Å². The molecule has 3 rings (SSSR count). The second-order valence-electron chi connectivity index (χ2n) is 7.56. The Morgan fingerprint density at radius 3 is 2.42 bits per heavy atom. The summed E-state index contributed by atoms with van der Waals surface area (Å²) in [6.07, 6.45) is 1.88. The van der Waals surface area contributed by atoms with Crippen molar-refractivity contribution in [2.45, 2.75) is 38.6 Å². The summed E-state index contributed by atoms with van der Waals surface area (Å²) in [5.41, 5.74) is 3.98. The molecule has 164 valence electrons.